The summed E-state index contributed by atoms with van der Waals surface area (Å²) in [5.74, 6) is 0.711. The highest BCUT2D eigenvalue weighted by Crippen LogP contribution is 2.06. The van der Waals surface area contributed by atoms with Crippen LogP contribution in [-0.4, -0.2) is 35.9 Å². The summed E-state index contributed by atoms with van der Waals surface area (Å²) in [6, 6.07) is 2.04. The Morgan fingerprint density at radius 3 is 2.83 bits per heavy atom. The molecule has 0 aromatic rings. The van der Waals surface area contributed by atoms with Gasteiger partial charge < -0.3 is 4.74 Å². The topological polar surface area (TPSA) is 36.3 Å². The van der Waals surface area contributed by atoms with E-state index in [-0.39, 0.29) is 0 Å². The number of hydrogen-bond acceptors (Lipinski definition) is 5. The zero-order chi connectivity index (χ0) is 9.40. The molecule has 0 N–H and O–H groups in total. The Morgan fingerprint density at radius 2 is 2.33 bits per heavy atom. The third kappa shape index (κ3) is 7.79. The molecule has 0 saturated carbocycles. The predicted molar refractivity (Wildman–Crippen MR) is 54.9 cm³/mol. The standard InChI is InChI=1S/C7H12N2OS2/c1-9(2)6-10-7(11)12-5-3-4-8/h3,5-6H2,1-2H3. The van der Waals surface area contributed by atoms with Gasteiger partial charge in [-0.05, 0) is 26.3 Å². The molecule has 5 heteroatoms. The number of rotatable bonds is 4. The van der Waals surface area contributed by atoms with Crippen LogP contribution in [0, 0.1) is 11.3 Å². The predicted octanol–water partition coefficient (Wildman–Crippen LogP) is 1.45. The average molecular weight is 204 g/mol. The van der Waals surface area contributed by atoms with Crippen LogP contribution in [0.2, 0.25) is 0 Å². The Labute approximate surface area is 82.7 Å². The van der Waals surface area contributed by atoms with E-state index in [1.165, 1.54) is 11.8 Å². The molecule has 0 amide bonds. The molecule has 0 fully saturated rings. The molecule has 68 valence electrons. The Hall–Kier alpha value is -0.310. The lowest BCUT2D eigenvalue weighted by Gasteiger charge is -2.10. The molecule has 0 heterocycles. The zero-order valence-electron chi connectivity index (χ0n) is 7.24. The molecule has 0 bridgehead atoms. The fourth-order valence-corrected chi connectivity index (χ4v) is 1.20. The molecule has 12 heavy (non-hydrogen) atoms. The monoisotopic (exact) mass is 204 g/mol. The van der Waals surface area contributed by atoms with Crippen LogP contribution in [0.25, 0.3) is 0 Å². The number of thioether (sulfide) groups is 1. The van der Waals surface area contributed by atoms with Gasteiger partial charge >= 0.3 is 0 Å². The number of thiocarbonyl (C=S) groups is 1. The fourth-order valence-electron chi connectivity index (χ4n) is 0.403. The zero-order valence-corrected chi connectivity index (χ0v) is 8.87. The van der Waals surface area contributed by atoms with Gasteiger partial charge in [-0.15, -0.1) is 0 Å². The third-order valence-electron chi connectivity index (χ3n) is 0.874. The Bertz CT molecular complexity index is 177. The quantitative estimate of drug-likeness (QED) is 0.393. The van der Waals surface area contributed by atoms with Crippen molar-refractivity contribution in [3.8, 4) is 6.07 Å². The summed E-state index contributed by atoms with van der Waals surface area (Å²) in [6.45, 7) is 0.498. The van der Waals surface area contributed by atoms with Crippen molar-refractivity contribution in [2.24, 2.45) is 0 Å². The van der Waals surface area contributed by atoms with Crippen LogP contribution in [0.1, 0.15) is 6.42 Å². The van der Waals surface area contributed by atoms with Gasteiger partial charge in [-0.1, -0.05) is 11.8 Å². The molecule has 0 radical (unpaired) electrons. The first-order valence-electron chi connectivity index (χ1n) is 3.48. The van der Waals surface area contributed by atoms with Crippen molar-refractivity contribution < 1.29 is 4.74 Å². The molecule has 0 rings (SSSR count). The van der Waals surface area contributed by atoms with Crippen LogP contribution in [0.3, 0.4) is 0 Å². The molecular formula is C7H12N2OS2. The van der Waals surface area contributed by atoms with Gasteiger partial charge in [-0.25, -0.2) is 0 Å². The summed E-state index contributed by atoms with van der Waals surface area (Å²) in [7, 11) is 3.81. The van der Waals surface area contributed by atoms with Gasteiger partial charge in [-0.2, -0.15) is 5.26 Å². The number of nitrogens with zero attached hydrogens (tertiary/aromatic N) is 2. The largest absolute Gasteiger partial charge is 0.462 e. The second kappa shape index (κ2) is 7.35. The molecule has 0 spiro atoms. The third-order valence-corrected chi connectivity index (χ3v) is 2.11. The maximum atomic E-state index is 8.24. The molecule has 0 aromatic carbocycles. The van der Waals surface area contributed by atoms with Crippen molar-refractivity contribution in [3.05, 3.63) is 0 Å². The minimum Gasteiger partial charge on any atom is -0.462 e. The highest BCUT2D eigenvalue weighted by Gasteiger charge is 1.98. The SMILES string of the molecule is CN(C)COC(=S)SCCC#N. The smallest absolute Gasteiger partial charge is 0.221 e. The summed E-state index contributed by atoms with van der Waals surface area (Å²) in [5, 5.41) is 8.24. The van der Waals surface area contributed by atoms with Gasteiger partial charge in [0.25, 0.3) is 0 Å². The Balaban J connectivity index is 3.29. The van der Waals surface area contributed by atoms with Gasteiger partial charge in [0.1, 0.15) is 6.73 Å². The lowest BCUT2D eigenvalue weighted by Crippen LogP contribution is -2.17. The highest BCUT2D eigenvalue weighted by atomic mass is 32.2. The molecule has 0 aliphatic rings. The molecule has 0 unspecified atom stereocenters. The second-order valence-corrected chi connectivity index (χ2v) is 4.06. The van der Waals surface area contributed by atoms with E-state index in [4.69, 9.17) is 22.2 Å². The van der Waals surface area contributed by atoms with E-state index in [0.717, 1.165) is 0 Å². The lowest BCUT2D eigenvalue weighted by atomic mass is 10.6. The van der Waals surface area contributed by atoms with Gasteiger partial charge in [-0.3, -0.25) is 4.90 Å². The highest BCUT2D eigenvalue weighted by molar-refractivity contribution is 8.22. The van der Waals surface area contributed by atoms with E-state index in [0.29, 0.717) is 23.3 Å². The van der Waals surface area contributed by atoms with Crippen molar-refractivity contribution in [3.63, 3.8) is 0 Å². The first-order chi connectivity index (χ1) is 5.66. The first kappa shape index (κ1) is 11.7. The molecule has 0 aromatic heterocycles. The molecule has 0 aliphatic carbocycles. The van der Waals surface area contributed by atoms with E-state index in [1.54, 1.807) is 0 Å². The van der Waals surface area contributed by atoms with Crippen LogP contribution >= 0.6 is 24.0 Å². The van der Waals surface area contributed by atoms with Gasteiger partial charge in [0.2, 0.25) is 4.38 Å². The summed E-state index contributed by atoms with van der Waals surface area (Å²) < 4.78 is 5.67. The van der Waals surface area contributed by atoms with E-state index >= 15 is 0 Å². The average Bonchev–Trinajstić information content (AvgIpc) is 2.01. The van der Waals surface area contributed by atoms with Crippen molar-refractivity contribution in [1.82, 2.24) is 4.90 Å². The van der Waals surface area contributed by atoms with Gasteiger partial charge in [0.15, 0.2) is 0 Å². The maximum Gasteiger partial charge on any atom is 0.221 e. The molecule has 0 saturated heterocycles. The van der Waals surface area contributed by atoms with Gasteiger partial charge in [0, 0.05) is 12.2 Å². The van der Waals surface area contributed by atoms with Crippen molar-refractivity contribution in [1.29, 1.82) is 5.26 Å². The number of ether oxygens (including phenoxy) is 1. The molecule has 0 atom stereocenters. The van der Waals surface area contributed by atoms with E-state index in [2.05, 4.69) is 0 Å². The molecule has 3 nitrogen and oxygen atoms in total. The Kier molecular flexibility index (Phi) is 7.16. The normalized spacial score (nSPS) is 9.50. The van der Waals surface area contributed by atoms with E-state index < -0.39 is 0 Å². The summed E-state index contributed by atoms with van der Waals surface area (Å²) in [4.78, 5) is 1.89. The Morgan fingerprint density at radius 1 is 1.67 bits per heavy atom. The van der Waals surface area contributed by atoms with Crippen LogP contribution in [-0.2, 0) is 4.74 Å². The summed E-state index contributed by atoms with van der Waals surface area (Å²) in [5.41, 5.74) is 0. The summed E-state index contributed by atoms with van der Waals surface area (Å²) in [6.07, 6.45) is 0.510. The van der Waals surface area contributed by atoms with Crippen molar-refractivity contribution in [2.75, 3.05) is 26.6 Å². The van der Waals surface area contributed by atoms with Crippen molar-refractivity contribution >= 4 is 28.4 Å². The first-order valence-corrected chi connectivity index (χ1v) is 4.87. The van der Waals surface area contributed by atoms with Crippen LogP contribution in [0.15, 0.2) is 0 Å². The van der Waals surface area contributed by atoms with Crippen molar-refractivity contribution in [2.45, 2.75) is 6.42 Å². The molecule has 0 aliphatic heterocycles. The number of hydrogen-bond donors (Lipinski definition) is 0. The van der Waals surface area contributed by atoms with Crippen LogP contribution in [0.4, 0.5) is 0 Å². The minimum absolute atomic E-state index is 0.498. The fraction of sp³-hybridized carbons (Fsp3) is 0.714. The second-order valence-electron chi connectivity index (χ2n) is 2.36. The van der Waals surface area contributed by atoms with E-state index in [1.807, 2.05) is 25.1 Å². The lowest BCUT2D eigenvalue weighted by molar-refractivity contribution is 0.178. The number of nitriles is 1. The van der Waals surface area contributed by atoms with Gasteiger partial charge in [0.05, 0.1) is 6.07 Å². The minimum atomic E-state index is 0.498. The molecular weight excluding hydrogens is 192 g/mol. The van der Waals surface area contributed by atoms with Crippen LogP contribution < -0.4 is 0 Å². The van der Waals surface area contributed by atoms with E-state index in [9.17, 15) is 0 Å². The van der Waals surface area contributed by atoms with Crippen LogP contribution in [0.5, 0.6) is 0 Å². The maximum absolute atomic E-state index is 8.24. The summed E-state index contributed by atoms with van der Waals surface area (Å²) >= 11 is 6.29.